The molecule has 3 rings (SSSR count). The molecule has 0 aromatic heterocycles. The van der Waals surface area contributed by atoms with Crippen LogP contribution in [0.1, 0.15) is 6.92 Å². The summed E-state index contributed by atoms with van der Waals surface area (Å²) < 4.78 is 15.9. The number of hydrogen-bond donors (Lipinski definition) is 1. The van der Waals surface area contributed by atoms with Crippen LogP contribution < -0.4 is 15.0 Å². The predicted octanol–water partition coefficient (Wildman–Crippen LogP) is 0.718. The monoisotopic (exact) mass is 363 g/mol. The molecule has 2 aliphatic rings. The topological polar surface area (TPSA) is 80.3 Å². The Kier molecular flexibility index (Phi) is 6.08. The number of nitrogens with zero attached hydrogens (tertiary/aromatic N) is 2. The number of methoxy groups -OCH3 is 1. The second-order valence-corrected chi connectivity index (χ2v) is 6.37. The molecule has 1 aromatic carbocycles. The Hall–Kier alpha value is -2.16. The highest BCUT2D eigenvalue weighted by molar-refractivity contribution is 6.01. The molecule has 142 valence electrons. The van der Waals surface area contributed by atoms with Crippen molar-refractivity contribution in [2.75, 3.05) is 63.3 Å². The van der Waals surface area contributed by atoms with Gasteiger partial charge in [0.25, 0.3) is 5.91 Å². The maximum atomic E-state index is 12.6. The minimum Gasteiger partial charge on any atom is -0.479 e. The highest BCUT2D eigenvalue weighted by Crippen LogP contribution is 2.36. The molecule has 1 aromatic rings. The standard InChI is InChI=1S/C18H25N3O5/c1-13-18(23)21(6-5-20-7-9-25-10-8-20)15-11-14(3-4-16(15)26-13)19-17(22)12-24-2/h3-4,11,13H,5-10,12H2,1-2H3,(H,19,22). The van der Waals surface area contributed by atoms with Crippen molar-refractivity contribution in [3.8, 4) is 5.75 Å². The van der Waals surface area contributed by atoms with Gasteiger partial charge >= 0.3 is 0 Å². The van der Waals surface area contributed by atoms with E-state index in [-0.39, 0.29) is 18.4 Å². The van der Waals surface area contributed by atoms with Crippen LogP contribution >= 0.6 is 0 Å². The smallest absolute Gasteiger partial charge is 0.267 e. The number of carbonyl (C=O) groups excluding carboxylic acids is 2. The molecule has 1 atom stereocenters. The number of anilines is 2. The number of benzene rings is 1. The normalized spacial score (nSPS) is 20.5. The molecule has 0 saturated carbocycles. The number of hydrogen-bond acceptors (Lipinski definition) is 6. The van der Waals surface area contributed by atoms with Crippen LogP contribution in [0.3, 0.4) is 0 Å². The van der Waals surface area contributed by atoms with Gasteiger partial charge in [0, 0.05) is 39.0 Å². The van der Waals surface area contributed by atoms with Gasteiger partial charge in [0.2, 0.25) is 5.91 Å². The lowest BCUT2D eigenvalue weighted by Crippen LogP contribution is -2.48. The molecule has 2 aliphatic heterocycles. The molecule has 2 amide bonds. The molecule has 8 heteroatoms. The summed E-state index contributed by atoms with van der Waals surface area (Å²) in [4.78, 5) is 28.4. The molecule has 2 heterocycles. The summed E-state index contributed by atoms with van der Waals surface area (Å²) in [5, 5.41) is 2.76. The van der Waals surface area contributed by atoms with E-state index >= 15 is 0 Å². The molecule has 26 heavy (non-hydrogen) atoms. The number of carbonyl (C=O) groups is 2. The zero-order valence-electron chi connectivity index (χ0n) is 15.2. The number of amides is 2. The predicted molar refractivity (Wildman–Crippen MR) is 96.6 cm³/mol. The van der Waals surface area contributed by atoms with Crippen LogP contribution in [-0.4, -0.2) is 75.9 Å². The quantitative estimate of drug-likeness (QED) is 0.802. The van der Waals surface area contributed by atoms with Gasteiger partial charge in [-0.2, -0.15) is 0 Å². The Balaban J connectivity index is 1.75. The fourth-order valence-corrected chi connectivity index (χ4v) is 3.11. The summed E-state index contributed by atoms with van der Waals surface area (Å²) >= 11 is 0. The van der Waals surface area contributed by atoms with Crippen molar-refractivity contribution in [3.63, 3.8) is 0 Å². The van der Waals surface area contributed by atoms with Crippen LogP contribution in [-0.2, 0) is 19.1 Å². The van der Waals surface area contributed by atoms with Gasteiger partial charge in [0.1, 0.15) is 12.4 Å². The van der Waals surface area contributed by atoms with E-state index in [1.807, 2.05) is 0 Å². The van der Waals surface area contributed by atoms with E-state index in [0.717, 1.165) is 32.8 Å². The van der Waals surface area contributed by atoms with Gasteiger partial charge in [-0.05, 0) is 25.1 Å². The lowest BCUT2D eigenvalue weighted by atomic mass is 10.1. The SMILES string of the molecule is COCC(=O)Nc1ccc2c(c1)N(CCN1CCOCC1)C(=O)C(C)O2. The highest BCUT2D eigenvalue weighted by Gasteiger charge is 2.32. The van der Waals surface area contributed by atoms with Crippen molar-refractivity contribution in [1.29, 1.82) is 0 Å². The molecule has 0 spiro atoms. The third-order valence-corrected chi connectivity index (χ3v) is 4.47. The second-order valence-electron chi connectivity index (χ2n) is 6.37. The number of fused-ring (bicyclic) bond motifs is 1. The first kappa shape index (κ1) is 18.6. The largest absolute Gasteiger partial charge is 0.479 e. The molecule has 0 bridgehead atoms. The fraction of sp³-hybridized carbons (Fsp3) is 0.556. The van der Waals surface area contributed by atoms with Crippen molar-refractivity contribution in [3.05, 3.63) is 18.2 Å². The van der Waals surface area contributed by atoms with Crippen LogP contribution in [0.5, 0.6) is 5.75 Å². The lowest BCUT2D eigenvalue weighted by molar-refractivity contribution is -0.125. The average Bonchev–Trinajstić information content (AvgIpc) is 2.63. The van der Waals surface area contributed by atoms with Gasteiger partial charge in [-0.25, -0.2) is 0 Å². The molecule has 1 N–H and O–H groups in total. The molecule has 1 unspecified atom stereocenters. The van der Waals surface area contributed by atoms with Gasteiger partial charge in [-0.15, -0.1) is 0 Å². The van der Waals surface area contributed by atoms with Crippen molar-refractivity contribution >= 4 is 23.2 Å². The van der Waals surface area contributed by atoms with Crippen molar-refractivity contribution < 1.29 is 23.8 Å². The number of nitrogens with one attached hydrogen (secondary N) is 1. The third-order valence-electron chi connectivity index (χ3n) is 4.47. The lowest BCUT2D eigenvalue weighted by Gasteiger charge is -2.35. The Labute approximate surface area is 153 Å². The van der Waals surface area contributed by atoms with Gasteiger partial charge in [0.15, 0.2) is 6.10 Å². The highest BCUT2D eigenvalue weighted by atomic mass is 16.5. The maximum absolute atomic E-state index is 12.6. The summed E-state index contributed by atoms with van der Waals surface area (Å²) in [6.45, 7) is 6.24. The summed E-state index contributed by atoms with van der Waals surface area (Å²) in [7, 11) is 1.47. The van der Waals surface area contributed by atoms with Gasteiger partial charge in [0.05, 0.1) is 18.9 Å². The van der Waals surface area contributed by atoms with Crippen LogP contribution in [0.2, 0.25) is 0 Å². The minimum absolute atomic E-state index is 0.0235. The summed E-state index contributed by atoms with van der Waals surface area (Å²) in [6.07, 6.45) is -0.527. The van der Waals surface area contributed by atoms with Gasteiger partial charge < -0.3 is 24.4 Å². The summed E-state index contributed by atoms with van der Waals surface area (Å²) in [5.74, 6) is 0.318. The molecular weight excluding hydrogens is 338 g/mol. The van der Waals surface area contributed by atoms with Crippen LogP contribution in [0.25, 0.3) is 0 Å². The van der Waals surface area contributed by atoms with E-state index in [1.54, 1.807) is 30.0 Å². The van der Waals surface area contributed by atoms with Crippen LogP contribution in [0.15, 0.2) is 18.2 Å². The number of morpholine rings is 1. The van der Waals surface area contributed by atoms with E-state index in [2.05, 4.69) is 10.2 Å². The first-order chi connectivity index (χ1) is 12.6. The minimum atomic E-state index is -0.527. The summed E-state index contributed by atoms with van der Waals surface area (Å²) in [5.41, 5.74) is 1.28. The second kappa shape index (κ2) is 8.48. The number of ether oxygens (including phenoxy) is 3. The zero-order valence-corrected chi connectivity index (χ0v) is 15.2. The molecule has 1 saturated heterocycles. The van der Waals surface area contributed by atoms with Gasteiger partial charge in [-0.3, -0.25) is 14.5 Å². The summed E-state index contributed by atoms with van der Waals surface area (Å²) in [6, 6.07) is 5.31. The number of rotatable bonds is 6. The van der Waals surface area contributed by atoms with Crippen molar-refractivity contribution in [1.82, 2.24) is 4.90 Å². The Morgan fingerprint density at radius 1 is 1.31 bits per heavy atom. The molecular formula is C18H25N3O5. The van der Waals surface area contributed by atoms with Crippen LogP contribution in [0.4, 0.5) is 11.4 Å². The fourth-order valence-electron chi connectivity index (χ4n) is 3.11. The zero-order chi connectivity index (χ0) is 18.5. The first-order valence-corrected chi connectivity index (χ1v) is 8.79. The van der Waals surface area contributed by atoms with E-state index in [4.69, 9.17) is 14.2 Å². The first-order valence-electron chi connectivity index (χ1n) is 8.79. The van der Waals surface area contributed by atoms with Gasteiger partial charge in [-0.1, -0.05) is 0 Å². The van der Waals surface area contributed by atoms with Crippen LogP contribution in [0, 0.1) is 0 Å². The third kappa shape index (κ3) is 4.32. The Morgan fingerprint density at radius 2 is 2.08 bits per heavy atom. The van der Waals surface area contributed by atoms with E-state index in [1.165, 1.54) is 7.11 Å². The molecule has 1 fully saturated rings. The van der Waals surface area contributed by atoms with Crippen molar-refractivity contribution in [2.45, 2.75) is 13.0 Å². The Morgan fingerprint density at radius 3 is 2.81 bits per heavy atom. The molecule has 0 aliphatic carbocycles. The van der Waals surface area contributed by atoms with E-state index in [9.17, 15) is 9.59 Å². The maximum Gasteiger partial charge on any atom is 0.267 e. The van der Waals surface area contributed by atoms with E-state index < -0.39 is 6.10 Å². The molecule has 8 nitrogen and oxygen atoms in total. The molecule has 0 radical (unpaired) electrons. The Bertz CT molecular complexity index is 660. The van der Waals surface area contributed by atoms with Crippen molar-refractivity contribution in [2.24, 2.45) is 0 Å². The average molecular weight is 363 g/mol. The van der Waals surface area contributed by atoms with E-state index in [0.29, 0.717) is 23.7 Å².